The zero-order valence-corrected chi connectivity index (χ0v) is 8.41. The molecular formula is C9H9ClN2O3. The first-order chi connectivity index (χ1) is 6.99. The Labute approximate surface area is 90.8 Å². The lowest BCUT2D eigenvalue weighted by molar-refractivity contribution is -0.136. The minimum atomic E-state index is -1.01. The molecule has 0 radical (unpaired) electrons. The normalized spacial score (nSPS) is 9.67. The fourth-order valence-corrected chi connectivity index (χ4v) is 1.32. The van der Waals surface area contributed by atoms with Gasteiger partial charge >= 0.3 is 12.0 Å². The Bertz CT molecular complexity index is 406. The predicted octanol–water partition coefficient (Wildman–Crippen LogP) is 1.46. The molecular weight excluding hydrogens is 220 g/mol. The van der Waals surface area contributed by atoms with Crippen LogP contribution < -0.4 is 11.1 Å². The number of nitrogens with one attached hydrogen (secondary N) is 1. The maximum atomic E-state index is 10.6. The molecule has 6 heteroatoms. The third-order valence-electron chi connectivity index (χ3n) is 1.67. The van der Waals surface area contributed by atoms with Gasteiger partial charge in [-0.1, -0.05) is 11.6 Å². The van der Waals surface area contributed by atoms with Crippen LogP contribution in [-0.4, -0.2) is 17.1 Å². The maximum absolute atomic E-state index is 10.6. The molecule has 0 spiro atoms. The van der Waals surface area contributed by atoms with Crippen LogP contribution in [0.3, 0.4) is 0 Å². The van der Waals surface area contributed by atoms with Gasteiger partial charge in [0.15, 0.2) is 0 Å². The molecule has 0 aliphatic heterocycles. The van der Waals surface area contributed by atoms with Crippen LogP contribution in [-0.2, 0) is 11.2 Å². The summed E-state index contributed by atoms with van der Waals surface area (Å²) in [4.78, 5) is 21.2. The van der Waals surface area contributed by atoms with Gasteiger partial charge in [0.05, 0.1) is 6.42 Å². The van der Waals surface area contributed by atoms with Crippen LogP contribution in [0.25, 0.3) is 0 Å². The highest BCUT2D eigenvalue weighted by Gasteiger charge is 2.08. The van der Waals surface area contributed by atoms with Gasteiger partial charge in [-0.05, 0) is 23.8 Å². The Balaban J connectivity index is 3.02. The van der Waals surface area contributed by atoms with Crippen molar-refractivity contribution in [3.63, 3.8) is 0 Å². The van der Waals surface area contributed by atoms with E-state index in [1.165, 1.54) is 18.2 Å². The van der Waals surface area contributed by atoms with Crippen molar-refractivity contribution in [1.29, 1.82) is 0 Å². The number of aliphatic carboxylic acids is 1. The summed E-state index contributed by atoms with van der Waals surface area (Å²) in [5, 5.41) is 11.4. The Morgan fingerprint density at radius 1 is 1.47 bits per heavy atom. The molecule has 1 aromatic rings. The molecule has 4 N–H and O–H groups in total. The number of carbonyl (C=O) groups is 2. The summed E-state index contributed by atoms with van der Waals surface area (Å²) >= 11 is 5.70. The minimum absolute atomic E-state index is 0.226. The van der Waals surface area contributed by atoms with Crippen LogP contribution in [0.1, 0.15) is 5.56 Å². The Morgan fingerprint density at radius 3 is 2.67 bits per heavy atom. The van der Waals surface area contributed by atoms with Gasteiger partial charge in [0, 0.05) is 10.7 Å². The summed E-state index contributed by atoms with van der Waals surface area (Å²) < 4.78 is 0. The number of anilines is 1. The molecule has 0 saturated heterocycles. The quantitative estimate of drug-likeness (QED) is 0.731. The van der Waals surface area contributed by atoms with Gasteiger partial charge in [-0.15, -0.1) is 0 Å². The topological polar surface area (TPSA) is 92.4 Å². The van der Waals surface area contributed by atoms with E-state index in [0.717, 1.165) is 0 Å². The second-order valence-corrected chi connectivity index (χ2v) is 3.30. The molecule has 0 saturated carbocycles. The zero-order valence-electron chi connectivity index (χ0n) is 7.66. The number of rotatable bonds is 3. The average molecular weight is 229 g/mol. The lowest BCUT2D eigenvalue weighted by Crippen LogP contribution is -2.20. The summed E-state index contributed by atoms with van der Waals surface area (Å²) in [5.41, 5.74) is 5.70. The number of halogens is 1. The van der Waals surface area contributed by atoms with Gasteiger partial charge in [0.1, 0.15) is 0 Å². The molecule has 1 rings (SSSR count). The number of amides is 2. The Morgan fingerprint density at radius 2 is 2.13 bits per heavy atom. The van der Waals surface area contributed by atoms with E-state index in [4.69, 9.17) is 22.4 Å². The van der Waals surface area contributed by atoms with Gasteiger partial charge in [0.2, 0.25) is 0 Å². The molecule has 0 fully saturated rings. The minimum Gasteiger partial charge on any atom is -0.481 e. The molecule has 0 aromatic heterocycles. The highest BCUT2D eigenvalue weighted by Crippen LogP contribution is 2.21. The van der Waals surface area contributed by atoms with Crippen molar-refractivity contribution in [2.75, 3.05) is 5.32 Å². The smallest absolute Gasteiger partial charge is 0.316 e. The van der Waals surface area contributed by atoms with Crippen LogP contribution in [0.5, 0.6) is 0 Å². The van der Waals surface area contributed by atoms with Crippen LogP contribution in [0.15, 0.2) is 18.2 Å². The van der Waals surface area contributed by atoms with Crippen molar-refractivity contribution in [3.8, 4) is 0 Å². The first-order valence-corrected chi connectivity index (χ1v) is 4.43. The van der Waals surface area contributed by atoms with Gasteiger partial charge < -0.3 is 16.2 Å². The van der Waals surface area contributed by atoms with Crippen LogP contribution in [0.2, 0.25) is 5.02 Å². The monoisotopic (exact) mass is 228 g/mol. The molecule has 80 valence electrons. The summed E-state index contributed by atoms with van der Waals surface area (Å²) in [6, 6.07) is 3.77. The van der Waals surface area contributed by atoms with Gasteiger partial charge in [-0.2, -0.15) is 0 Å². The van der Waals surface area contributed by atoms with Crippen LogP contribution in [0, 0.1) is 0 Å². The molecule has 0 unspecified atom stereocenters. The lowest BCUT2D eigenvalue weighted by Gasteiger charge is -2.07. The van der Waals surface area contributed by atoms with Crippen LogP contribution in [0.4, 0.5) is 10.5 Å². The van der Waals surface area contributed by atoms with Crippen molar-refractivity contribution in [2.45, 2.75) is 6.42 Å². The van der Waals surface area contributed by atoms with E-state index in [0.29, 0.717) is 16.3 Å². The summed E-state index contributed by atoms with van der Waals surface area (Å²) in [7, 11) is 0. The first kappa shape index (κ1) is 11.3. The van der Waals surface area contributed by atoms with E-state index in [2.05, 4.69) is 5.32 Å². The van der Waals surface area contributed by atoms with Crippen molar-refractivity contribution in [1.82, 2.24) is 0 Å². The first-order valence-electron chi connectivity index (χ1n) is 4.05. The molecule has 0 atom stereocenters. The molecule has 0 bridgehead atoms. The highest BCUT2D eigenvalue weighted by atomic mass is 35.5. The third kappa shape index (κ3) is 3.47. The third-order valence-corrected chi connectivity index (χ3v) is 1.90. The second-order valence-electron chi connectivity index (χ2n) is 2.86. The Kier molecular flexibility index (Phi) is 3.51. The van der Waals surface area contributed by atoms with Crippen LogP contribution >= 0.6 is 11.6 Å². The van der Waals surface area contributed by atoms with Crippen molar-refractivity contribution in [3.05, 3.63) is 28.8 Å². The molecule has 0 heterocycles. The van der Waals surface area contributed by atoms with E-state index in [9.17, 15) is 9.59 Å². The van der Waals surface area contributed by atoms with Crippen molar-refractivity contribution >= 4 is 29.3 Å². The van der Waals surface area contributed by atoms with Crippen molar-refractivity contribution < 1.29 is 14.7 Å². The van der Waals surface area contributed by atoms with E-state index in [-0.39, 0.29) is 6.42 Å². The van der Waals surface area contributed by atoms with E-state index < -0.39 is 12.0 Å². The fraction of sp³-hybridized carbons (Fsp3) is 0.111. The molecule has 1 aromatic carbocycles. The number of primary amides is 1. The number of hydrogen-bond acceptors (Lipinski definition) is 2. The van der Waals surface area contributed by atoms with Gasteiger partial charge in [0.25, 0.3) is 0 Å². The van der Waals surface area contributed by atoms with Gasteiger partial charge in [-0.25, -0.2) is 4.79 Å². The zero-order chi connectivity index (χ0) is 11.4. The Hall–Kier alpha value is -1.75. The fourth-order valence-electron chi connectivity index (χ4n) is 1.13. The summed E-state index contributed by atoms with van der Waals surface area (Å²) in [5.74, 6) is -1.01. The maximum Gasteiger partial charge on any atom is 0.316 e. The number of carboxylic acid groups (broad SMARTS) is 1. The largest absolute Gasteiger partial charge is 0.481 e. The molecule has 0 aliphatic carbocycles. The second kappa shape index (κ2) is 4.65. The summed E-state index contributed by atoms with van der Waals surface area (Å²) in [6.45, 7) is 0. The molecule has 15 heavy (non-hydrogen) atoms. The number of carbonyl (C=O) groups excluding carboxylic acids is 1. The standard InChI is InChI=1S/C9H9ClN2O3/c10-6-1-2-7(12-9(11)15)5(3-6)4-8(13)14/h1-3H,4H2,(H,13,14)(H3,11,12,15). The molecule has 5 nitrogen and oxygen atoms in total. The number of urea groups is 1. The molecule has 0 aliphatic rings. The molecule has 2 amide bonds. The summed E-state index contributed by atoms with van der Waals surface area (Å²) in [6.07, 6.45) is -0.226. The van der Waals surface area contributed by atoms with E-state index in [1.54, 1.807) is 0 Å². The number of benzene rings is 1. The van der Waals surface area contributed by atoms with Crippen molar-refractivity contribution in [2.24, 2.45) is 5.73 Å². The van der Waals surface area contributed by atoms with E-state index >= 15 is 0 Å². The number of hydrogen-bond donors (Lipinski definition) is 3. The van der Waals surface area contributed by atoms with E-state index in [1.807, 2.05) is 0 Å². The lowest BCUT2D eigenvalue weighted by atomic mass is 10.1. The van der Waals surface area contributed by atoms with Gasteiger partial charge in [-0.3, -0.25) is 4.79 Å². The number of nitrogens with two attached hydrogens (primary N) is 1. The average Bonchev–Trinajstić information content (AvgIpc) is 2.08. The number of carboxylic acids is 1. The predicted molar refractivity (Wildman–Crippen MR) is 56.0 cm³/mol. The SMILES string of the molecule is NC(=O)Nc1ccc(Cl)cc1CC(=O)O. The highest BCUT2D eigenvalue weighted by molar-refractivity contribution is 6.30.